The molecule has 0 aromatic heterocycles. The third kappa shape index (κ3) is 3.47. The molecule has 88 valence electrons. The predicted molar refractivity (Wildman–Crippen MR) is 61.8 cm³/mol. The molecule has 0 unspecified atom stereocenters. The van der Waals surface area contributed by atoms with Crippen molar-refractivity contribution in [1.82, 2.24) is 14.7 Å². The average molecular weight is 213 g/mol. The molecule has 15 heavy (non-hydrogen) atoms. The Kier molecular flexibility index (Phi) is 4.54. The van der Waals surface area contributed by atoms with Gasteiger partial charge in [0.2, 0.25) is 5.91 Å². The molecule has 1 atom stereocenters. The van der Waals surface area contributed by atoms with E-state index in [4.69, 9.17) is 0 Å². The largest absolute Gasteiger partial charge is 0.347 e. The van der Waals surface area contributed by atoms with Gasteiger partial charge in [0.1, 0.15) is 0 Å². The van der Waals surface area contributed by atoms with Crippen LogP contribution in [0.3, 0.4) is 0 Å². The summed E-state index contributed by atoms with van der Waals surface area (Å²) < 4.78 is 0. The molecule has 0 spiro atoms. The Balaban J connectivity index is 2.46. The van der Waals surface area contributed by atoms with Crippen molar-refractivity contribution in [1.29, 1.82) is 0 Å². The molecule has 1 rings (SSSR count). The summed E-state index contributed by atoms with van der Waals surface area (Å²) in [4.78, 5) is 18.0. The van der Waals surface area contributed by atoms with Gasteiger partial charge >= 0.3 is 0 Å². The van der Waals surface area contributed by atoms with E-state index >= 15 is 0 Å². The number of rotatable bonds is 4. The van der Waals surface area contributed by atoms with Crippen molar-refractivity contribution >= 4 is 5.91 Å². The van der Waals surface area contributed by atoms with E-state index in [1.807, 2.05) is 14.1 Å². The molecule has 1 aliphatic rings. The van der Waals surface area contributed by atoms with Crippen LogP contribution in [-0.4, -0.2) is 74.5 Å². The fourth-order valence-corrected chi connectivity index (χ4v) is 2.00. The van der Waals surface area contributed by atoms with Gasteiger partial charge in [0, 0.05) is 27.2 Å². The Morgan fingerprint density at radius 3 is 2.53 bits per heavy atom. The third-order valence-electron chi connectivity index (χ3n) is 2.92. The quantitative estimate of drug-likeness (QED) is 0.663. The molecule has 4 heteroatoms. The maximum absolute atomic E-state index is 11.9. The second kappa shape index (κ2) is 5.47. The Hall–Kier alpha value is -0.610. The van der Waals surface area contributed by atoms with Gasteiger partial charge in [0.15, 0.2) is 0 Å². The Labute approximate surface area is 92.8 Å². The first-order valence-corrected chi connectivity index (χ1v) is 5.62. The lowest BCUT2D eigenvalue weighted by Gasteiger charge is -2.27. The predicted octanol–water partition coefficient (Wildman–Crippen LogP) is 0.101. The number of carbonyl (C=O) groups excluding carboxylic acids is 1. The molecule has 0 bridgehead atoms. The van der Waals surface area contributed by atoms with Crippen LogP contribution in [-0.2, 0) is 4.79 Å². The summed E-state index contributed by atoms with van der Waals surface area (Å²) in [5, 5.41) is 0. The van der Waals surface area contributed by atoms with Gasteiger partial charge in [-0.1, -0.05) is 0 Å². The summed E-state index contributed by atoms with van der Waals surface area (Å²) >= 11 is 0. The number of hydrogen-bond donors (Lipinski definition) is 0. The molecule has 0 aromatic carbocycles. The van der Waals surface area contributed by atoms with Gasteiger partial charge in [-0.15, -0.1) is 0 Å². The zero-order valence-corrected chi connectivity index (χ0v) is 10.4. The summed E-state index contributed by atoms with van der Waals surface area (Å²) in [6.45, 7) is 3.09. The number of likely N-dealkylation sites (N-methyl/N-ethyl adjacent to an activating group) is 2. The highest BCUT2D eigenvalue weighted by Gasteiger charge is 2.31. The van der Waals surface area contributed by atoms with Crippen molar-refractivity contribution in [3.8, 4) is 0 Å². The van der Waals surface area contributed by atoms with Crippen molar-refractivity contribution in [3.05, 3.63) is 0 Å². The maximum atomic E-state index is 11.9. The van der Waals surface area contributed by atoms with Gasteiger partial charge in [-0.05, 0) is 33.5 Å². The lowest BCUT2D eigenvalue weighted by Crippen LogP contribution is -2.44. The first-order valence-electron chi connectivity index (χ1n) is 5.62. The van der Waals surface area contributed by atoms with Crippen LogP contribution in [0.2, 0.25) is 0 Å². The summed E-state index contributed by atoms with van der Waals surface area (Å²) in [5.74, 6) is 0.256. The van der Waals surface area contributed by atoms with Gasteiger partial charge in [0.05, 0.1) is 6.04 Å². The Bertz CT molecular complexity index is 216. The van der Waals surface area contributed by atoms with E-state index in [0.29, 0.717) is 0 Å². The van der Waals surface area contributed by atoms with E-state index in [1.54, 1.807) is 4.90 Å². The maximum Gasteiger partial charge on any atom is 0.239 e. The fourth-order valence-electron chi connectivity index (χ4n) is 2.00. The Morgan fingerprint density at radius 2 is 2.00 bits per heavy atom. The SMILES string of the molecule is CN(C)CCN1CCC[C@@H]1C(=O)N(C)C. The minimum absolute atomic E-state index is 0.125. The third-order valence-corrected chi connectivity index (χ3v) is 2.92. The van der Waals surface area contributed by atoms with E-state index in [1.165, 1.54) is 0 Å². The summed E-state index contributed by atoms with van der Waals surface area (Å²) in [7, 11) is 7.81. The zero-order chi connectivity index (χ0) is 11.4. The van der Waals surface area contributed by atoms with Crippen LogP contribution in [0.5, 0.6) is 0 Å². The van der Waals surface area contributed by atoms with Gasteiger partial charge < -0.3 is 9.80 Å². The minimum Gasteiger partial charge on any atom is -0.347 e. The van der Waals surface area contributed by atoms with Crippen molar-refractivity contribution in [2.75, 3.05) is 47.8 Å². The minimum atomic E-state index is 0.125. The summed E-state index contributed by atoms with van der Waals surface area (Å²) in [6.07, 6.45) is 2.17. The van der Waals surface area contributed by atoms with E-state index in [9.17, 15) is 4.79 Å². The van der Waals surface area contributed by atoms with Crippen molar-refractivity contribution in [2.24, 2.45) is 0 Å². The molecule has 1 heterocycles. The second-order valence-electron chi connectivity index (χ2n) is 4.73. The van der Waals surface area contributed by atoms with Crippen LogP contribution >= 0.6 is 0 Å². The molecule has 0 saturated carbocycles. The highest BCUT2D eigenvalue weighted by atomic mass is 16.2. The van der Waals surface area contributed by atoms with Crippen molar-refractivity contribution in [3.63, 3.8) is 0 Å². The molecular weight excluding hydrogens is 190 g/mol. The molecule has 0 N–H and O–H groups in total. The monoisotopic (exact) mass is 213 g/mol. The molecule has 0 aliphatic carbocycles. The molecule has 0 radical (unpaired) electrons. The van der Waals surface area contributed by atoms with Crippen LogP contribution in [0.15, 0.2) is 0 Å². The molecule has 1 saturated heterocycles. The zero-order valence-electron chi connectivity index (χ0n) is 10.4. The topological polar surface area (TPSA) is 26.8 Å². The molecule has 1 aliphatic heterocycles. The lowest BCUT2D eigenvalue weighted by atomic mass is 10.2. The van der Waals surface area contributed by atoms with Crippen LogP contribution < -0.4 is 0 Å². The van der Waals surface area contributed by atoms with E-state index in [2.05, 4.69) is 23.9 Å². The lowest BCUT2D eigenvalue weighted by molar-refractivity contribution is -0.133. The van der Waals surface area contributed by atoms with Crippen molar-refractivity contribution < 1.29 is 4.79 Å². The standard InChI is InChI=1S/C11H23N3O/c1-12(2)8-9-14-7-5-6-10(14)11(15)13(3)4/h10H,5-9H2,1-4H3/t10-/m1/s1. The van der Waals surface area contributed by atoms with Gasteiger partial charge in [0.25, 0.3) is 0 Å². The molecular formula is C11H23N3O. The normalized spacial score (nSPS) is 22.3. The number of nitrogens with zero attached hydrogens (tertiary/aromatic N) is 3. The highest BCUT2D eigenvalue weighted by molar-refractivity contribution is 5.81. The van der Waals surface area contributed by atoms with Crippen LogP contribution in [0.25, 0.3) is 0 Å². The van der Waals surface area contributed by atoms with E-state index in [0.717, 1.165) is 32.5 Å². The molecule has 0 aromatic rings. The molecule has 1 amide bonds. The van der Waals surface area contributed by atoms with Gasteiger partial charge in [-0.3, -0.25) is 9.69 Å². The number of carbonyl (C=O) groups is 1. The molecule has 1 fully saturated rings. The average Bonchev–Trinajstić information content (AvgIpc) is 2.60. The summed E-state index contributed by atoms with van der Waals surface area (Å²) in [5.41, 5.74) is 0. The van der Waals surface area contributed by atoms with Gasteiger partial charge in [-0.2, -0.15) is 0 Å². The van der Waals surface area contributed by atoms with E-state index < -0.39 is 0 Å². The van der Waals surface area contributed by atoms with Crippen LogP contribution in [0, 0.1) is 0 Å². The first-order chi connectivity index (χ1) is 7.02. The van der Waals surface area contributed by atoms with Crippen LogP contribution in [0.4, 0.5) is 0 Å². The smallest absolute Gasteiger partial charge is 0.239 e. The number of hydrogen-bond acceptors (Lipinski definition) is 3. The van der Waals surface area contributed by atoms with E-state index in [-0.39, 0.29) is 11.9 Å². The fraction of sp³-hybridized carbons (Fsp3) is 0.909. The van der Waals surface area contributed by atoms with Gasteiger partial charge in [-0.25, -0.2) is 0 Å². The second-order valence-corrected chi connectivity index (χ2v) is 4.73. The summed E-state index contributed by atoms with van der Waals surface area (Å²) in [6, 6.07) is 0.125. The Morgan fingerprint density at radius 1 is 1.33 bits per heavy atom. The molecule has 4 nitrogen and oxygen atoms in total. The first kappa shape index (κ1) is 12.5. The highest BCUT2D eigenvalue weighted by Crippen LogP contribution is 2.18. The number of likely N-dealkylation sites (tertiary alicyclic amines) is 1. The number of amides is 1. The van der Waals surface area contributed by atoms with Crippen LogP contribution in [0.1, 0.15) is 12.8 Å². The van der Waals surface area contributed by atoms with Crippen molar-refractivity contribution in [2.45, 2.75) is 18.9 Å².